The van der Waals surface area contributed by atoms with Crippen LogP contribution in [0.4, 0.5) is 0 Å². The quantitative estimate of drug-likeness (QED) is 0.851. The Kier molecular flexibility index (Phi) is 4.59. The summed E-state index contributed by atoms with van der Waals surface area (Å²) in [6.07, 6.45) is 5.80. The fourth-order valence-electron chi connectivity index (χ4n) is 3.83. The largest absolute Gasteiger partial charge is 0.380 e. The first-order chi connectivity index (χ1) is 8.86. The van der Waals surface area contributed by atoms with Crippen molar-refractivity contribution in [3.8, 4) is 0 Å². The summed E-state index contributed by atoms with van der Waals surface area (Å²) >= 11 is 0. The molecule has 2 rings (SSSR count). The molecule has 0 amide bonds. The van der Waals surface area contributed by atoms with Gasteiger partial charge in [-0.05, 0) is 25.2 Å². The zero-order chi connectivity index (χ0) is 14.1. The molecule has 1 saturated heterocycles. The van der Waals surface area contributed by atoms with Gasteiger partial charge in [0.2, 0.25) is 0 Å². The highest BCUT2D eigenvalue weighted by molar-refractivity contribution is 5.03. The second kappa shape index (κ2) is 5.71. The van der Waals surface area contributed by atoms with Crippen LogP contribution >= 0.6 is 0 Å². The first kappa shape index (κ1) is 15.3. The molecular formula is C16H32N2O. The van der Waals surface area contributed by atoms with Crippen molar-refractivity contribution < 1.29 is 4.74 Å². The summed E-state index contributed by atoms with van der Waals surface area (Å²) in [5.41, 5.74) is 0.718. The Morgan fingerprint density at radius 2 is 1.95 bits per heavy atom. The predicted octanol–water partition coefficient (Wildman–Crippen LogP) is 2.65. The van der Waals surface area contributed by atoms with Crippen molar-refractivity contribution in [3.05, 3.63) is 0 Å². The topological polar surface area (TPSA) is 24.5 Å². The number of nitrogens with one attached hydrogen (secondary N) is 1. The number of methoxy groups -OCH3 is 1. The zero-order valence-electron chi connectivity index (χ0n) is 13.5. The van der Waals surface area contributed by atoms with Crippen molar-refractivity contribution in [1.82, 2.24) is 10.2 Å². The van der Waals surface area contributed by atoms with E-state index in [9.17, 15) is 0 Å². The van der Waals surface area contributed by atoms with E-state index in [1.165, 1.54) is 32.2 Å². The molecular weight excluding hydrogens is 236 g/mol. The van der Waals surface area contributed by atoms with Gasteiger partial charge >= 0.3 is 0 Å². The van der Waals surface area contributed by atoms with Crippen molar-refractivity contribution in [2.45, 2.75) is 71.1 Å². The molecule has 0 bridgehead atoms. The predicted molar refractivity (Wildman–Crippen MR) is 80.5 cm³/mol. The van der Waals surface area contributed by atoms with E-state index in [0.29, 0.717) is 23.1 Å². The van der Waals surface area contributed by atoms with Gasteiger partial charge in [-0.2, -0.15) is 0 Å². The average molecular weight is 268 g/mol. The maximum atomic E-state index is 5.50. The monoisotopic (exact) mass is 268 g/mol. The maximum Gasteiger partial charge on any atom is 0.0670 e. The van der Waals surface area contributed by atoms with Crippen molar-refractivity contribution in [1.29, 1.82) is 0 Å². The second-order valence-electron chi connectivity index (χ2n) is 7.73. The molecule has 3 nitrogen and oxygen atoms in total. The van der Waals surface area contributed by atoms with Crippen LogP contribution in [0, 0.1) is 5.41 Å². The highest BCUT2D eigenvalue weighted by atomic mass is 16.5. The molecule has 1 spiro atoms. The highest BCUT2D eigenvalue weighted by Crippen LogP contribution is 2.36. The normalized spacial score (nSPS) is 29.8. The van der Waals surface area contributed by atoms with Crippen LogP contribution in [0.15, 0.2) is 0 Å². The molecule has 3 heteroatoms. The van der Waals surface area contributed by atoms with E-state index >= 15 is 0 Å². The third kappa shape index (κ3) is 3.50. The van der Waals surface area contributed by atoms with E-state index in [1.807, 2.05) is 7.11 Å². The van der Waals surface area contributed by atoms with Crippen molar-refractivity contribution in [2.75, 3.05) is 26.7 Å². The van der Waals surface area contributed by atoms with Crippen LogP contribution in [-0.4, -0.2) is 49.3 Å². The van der Waals surface area contributed by atoms with Crippen LogP contribution in [0.1, 0.15) is 53.4 Å². The fourth-order valence-corrected chi connectivity index (χ4v) is 3.83. The first-order valence-corrected chi connectivity index (χ1v) is 7.88. The van der Waals surface area contributed by atoms with E-state index < -0.39 is 0 Å². The lowest BCUT2D eigenvalue weighted by atomic mass is 9.81. The molecule has 1 saturated carbocycles. The molecule has 0 aromatic rings. The number of piperazine rings is 1. The Labute approximate surface area is 119 Å². The zero-order valence-corrected chi connectivity index (χ0v) is 13.5. The van der Waals surface area contributed by atoms with Crippen LogP contribution in [-0.2, 0) is 4.74 Å². The number of hydrogen-bond acceptors (Lipinski definition) is 3. The molecule has 2 aliphatic rings. The fraction of sp³-hybridized carbons (Fsp3) is 1.00. The third-order valence-corrected chi connectivity index (χ3v) is 5.07. The van der Waals surface area contributed by atoms with E-state index in [1.54, 1.807) is 0 Å². The molecule has 0 aromatic carbocycles. The first-order valence-electron chi connectivity index (χ1n) is 7.88. The summed E-state index contributed by atoms with van der Waals surface area (Å²) in [5.74, 6) is 0. The Balaban J connectivity index is 2.09. The average Bonchev–Trinajstić information content (AvgIpc) is 2.75. The van der Waals surface area contributed by atoms with Gasteiger partial charge in [0.05, 0.1) is 6.10 Å². The molecule has 0 radical (unpaired) electrons. The Morgan fingerprint density at radius 3 is 2.47 bits per heavy atom. The molecule has 0 aromatic heterocycles. The molecule has 1 aliphatic carbocycles. The molecule has 1 N–H and O–H groups in total. The maximum absolute atomic E-state index is 5.50. The summed E-state index contributed by atoms with van der Waals surface area (Å²) < 4.78 is 5.50. The summed E-state index contributed by atoms with van der Waals surface area (Å²) in [5, 5.41) is 3.89. The van der Waals surface area contributed by atoms with Gasteiger partial charge in [0, 0.05) is 38.3 Å². The van der Waals surface area contributed by atoms with E-state index in [0.717, 1.165) is 13.1 Å². The highest BCUT2D eigenvalue weighted by Gasteiger charge is 2.44. The molecule has 19 heavy (non-hydrogen) atoms. The van der Waals surface area contributed by atoms with Crippen LogP contribution in [0.5, 0.6) is 0 Å². The van der Waals surface area contributed by atoms with E-state index in [-0.39, 0.29) is 0 Å². The van der Waals surface area contributed by atoms with Crippen LogP contribution in [0.25, 0.3) is 0 Å². The molecule has 2 atom stereocenters. The second-order valence-corrected chi connectivity index (χ2v) is 7.73. The van der Waals surface area contributed by atoms with Gasteiger partial charge < -0.3 is 10.1 Å². The van der Waals surface area contributed by atoms with Gasteiger partial charge in [0.15, 0.2) is 0 Å². The molecule has 112 valence electrons. The van der Waals surface area contributed by atoms with Gasteiger partial charge in [-0.15, -0.1) is 0 Å². The lowest BCUT2D eigenvalue weighted by Gasteiger charge is -2.51. The van der Waals surface area contributed by atoms with Gasteiger partial charge in [0.25, 0.3) is 0 Å². The third-order valence-electron chi connectivity index (χ3n) is 5.07. The Bertz CT molecular complexity index is 292. The Hall–Kier alpha value is -0.120. The van der Waals surface area contributed by atoms with Crippen molar-refractivity contribution in [2.24, 2.45) is 5.41 Å². The van der Waals surface area contributed by atoms with Crippen molar-refractivity contribution >= 4 is 0 Å². The molecule has 1 aliphatic heterocycles. The minimum Gasteiger partial charge on any atom is -0.380 e. The smallest absolute Gasteiger partial charge is 0.0670 e. The SMILES string of the molecule is COC(C)CN1CC2(CCCC2)NCC1C(C)(C)C. The van der Waals surface area contributed by atoms with Crippen molar-refractivity contribution in [3.63, 3.8) is 0 Å². The molecule has 1 heterocycles. The number of nitrogens with zero attached hydrogens (tertiary/aromatic N) is 1. The summed E-state index contributed by atoms with van der Waals surface area (Å²) in [4.78, 5) is 2.69. The van der Waals surface area contributed by atoms with Gasteiger partial charge in [0.1, 0.15) is 0 Å². The van der Waals surface area contributed by atoms with Gasteiger partial charge in [-0.25, -0.2) is 0 Å². The van der Waals surface area contributed by atoms with Crippen LogP contribution in [0.2, 0.25) is 0 Å². The lowest BCUT2D eigenvalue weighted by Crippen LogP contribution is -2.66. The van der Waals surface area contributed by atoms with Gasteiger partial charge in [-0.1, -0.05) is 33.6 Å². The summed E-state index contributed by atoms with van der Waals surface area (Å²) in [7, 11) is 1.82. The lowest BCUT2D eigenvalue weighted by molar-refractivity contribution is -0.0129. The molecule has 2 unspecified atom stereocenters. The minimum absolute atomic E-state index is 0.320. The summed E-state index contributed by atoms with van der Waals surface area (Å²) in [6.45, 7) is 12.6. The summed E-state index contributed by atoms with van der Waals surface area (Å²) in [6, 6.07) is 0.608. The van der Waals surface area contributed by atoms with E-state index in [4.69, 9.17) is 4.74 Å². The Morgan fingerprint density at radius 1 is 1.32 bits per heavy atom. The van der Waals surface area contributed by atoms with Gasteiger partial charge in [-0.3, -0.25) is 4.90 Å². The molecule has 2 fully saturated rings. The number of ether oxygens (including phenoxy) is 1. The number of rotatable bonds is 3. The van der Waals surface area contributed by atoms with Crippen LogP contribution < -0.4 is 5.32 Å². The van der Waals surface area contributed by atoms with Crippen LogP contribution in [0.3, 0.4) is 0 Å². The minimum atomic E-state index is 0.320. The van der Waals surface area contributed by atoms with E-state index in [2.05, 4.69) is 37.9 Å². The number of hydrogen-bond donors (Lipinski definition) is 1. The standard InChI is InChI=1S/C16H32N2O/c1-13(19-5)11-18-12-16(8-6-7-9-16)17-10-14(18)15(2,3)4/h13-14,17H,6-12H2,1-5H3.